The van der Waals surface area contributed by atoms with Crippen LogP contribution in [0.3, 0.4) is 0 Å². The Morgan fingerprint density at radius 1 is 0.829 bits per heavy atom. The van der Waals surface area contributed by atoms with Gasteiger partial charge < -0.3 is 42.6 Å². The number of hydrogen-bond acceptors (Lipinski definition) is 10. The van der Waals surface area contributed by atoms with Gasteiger partial charge in [0, 0.05) is 18.2 Å². The minimum absolute atomic E-state index is 0.119. The van der Waals surface area contributed by atoms with Gasteiger partial charge in [0.05, 0.1) is 46.7 Å². The third-order valence-corrected chi connectivity index (χ3v) is 7.29. The van der Waals surface area contributed by atoms with E-state index >= 15 is 0 Å². The Balaban J connectivity index is 1.58. The Kier molecular flexibility index (Phi) is 7.86. The lowest BCUT2D eigenvalue weighted by atomic mass is 9.92. The SMILES string of the molecule is COCC1N=C(c2cc(OC)c(OC)c(OC)c2-c2cc3c(cc2C2OCCCO2)OCO3)O[C@H]1c1ccccc1. The van der Waals surface area contributed by atoms with Crippen molar-refractivity contribution in [2.45, 2.75) is 24.9 Å². The molecule has 3 heterocycles. The molecule has 6 rings (SSSR count). The van der Waals surface area contributed by atoms with Gasteiger partial charge in [-0.15, -0.1) is 0 Å². The van der Waals surface area contributed by atoms with Crippen LogP contribution in [-0.2, 0) is 18.9 Å². The standard InChI is InChI=1S/C31H33NO9/c1-33-16-22-27(18-9-6-5-7-10-18)41-30(32-22)21-15-25(34-2)28(35-3)29(36-4)26(21)19-13-23-24(40-17-39-23)14-20(19)31-37-11-8-12-38-31/h5-7,9-10,13-15,22,27,31H,8,11-12,16-17H2,1-4H3/t22?,27-/m0/s1. The summed E-state index contributed by atoms with van der Waals surface area (Å²) in [6.07, 6.45) is -0.156. The second-order valence-electron chi connectivity index (χ2n) is 9.69. The van der Waals surface area contributed by atoms with E-state index < -0.39 is 6.29 Å². The van der Waals surface area contributed by atoms with Crippen molar-refractivity contribution >= 4 is 5.90 Å². The largest absolute Gasteiger partial charge is 0.493 e. The average molecular weight is 564 g/mol. The predicted octanol–water partition coefficient (Wildman–Crippen LogP) is 5.08. The van der Waals surface area contributed by atoms with Crippen molar-refractivity contribution in [3.05, 3.63) is 65.2 Å². The van der Waals surface area contributed by atoms with Crippen LogP contribution in [0.2, 0.25) is 0 Å². The number of ether oxygens (including phenoxy) is 9. The molecule has 3 aromatic carbocycles. The smallest absolute Gasteiger partial charge is 0.231 e. The van der Waals surface area contributed by atoms with Crippen LogP contribution in [-0.4, -0.2) is 67.0 Å². The van der Waals surface area contributed by atoms with Gasteiger partial charge in [-0.05, 0) is 35.7 Å². The summed E-state index contributed by atoms with van der Waals surface area (Å²) < 4.78 is 53.3. The number of benzene rings is 3. The lowest BCUT2D eigenvalue weighted by Gasteiger charge is -2.27. The molecule has 216 valence electrons. The van der Waals surface area contributed by atoms with Gasteiger partial charge in [0.25, 0.3) is 0 Å². The van der Waals surface area contributed by atoms with Gasteiger partial charge in [-0.1, -0.05) is 30.3 Å². The first-order valence-electron chi connectivity index (χ1n) is 13.5. The van der Waals surface area contributed by atoms with Crippen molar-refractivity contribution in [3.8, 4) is 39.9 Å². The number of aliphatic imine (C=N–C) groups is 1. The Hall–Kier alpha value is -3.99. The van der Waals surface area contributed by atoms with E-state index in [-0.39, 0.29) is 18.9 Å². The fourth-order valence-electron chi connectivity index (χ4n) is 5.44. The summed E-state index contributed by atoms with van der Waals surface area (Å²) >= 11 is 0. The third-order valence-electron chi connectivity index (χ3n) is 7.29. The van der Waals surface area contributed by atoms with Crippen LogP contribution in [0, 0.1) is 0 Å². The van der Waals surface area contributed by atoms with E-state index in [9.17, 15) is 0 Å². The van der Waals surface area contributed by atoms with Gasteiger partial charge in [0.1, 0.15) is 6.04 Å². The van der Waals surface area contributed by atoms with Crippen LogP contribution in [0.1, 0.15) is 35.5 Å². The highest BCUT2D eigenvalue weighted by Gasteiger charge is 2.37. The number of nitrogens with zero attached hydrogens (tertiary/aromatic N) is 1. The molecule has 0 aliphatic carbocycles. The quantitative estimate of drug-likeness (QED) is 0.353. The second kappa shape index (κ2) is 11.9. The summed E-state index contributed by atoms with van der Waals surface area (Å²) in [5, 5.41) is 0. The zero-order chi connectivity index (χ0) is 28.3. The van der Waals surface area contributed by atoms with Crippen molar-refractivity contribution in [1.82, 2.24) is 0 Å². The molecule has 3 aliphatic rings. The molecule has 2 atom stereocenters. The molecule has 41 heavy (non-hydrogen) atoms. The van der Waals surface area contributed by atoms with Crippen molar-refractivity contribution in [3.63, 3.8) is 0 Å². The van der Waals surface area contributed by atoms with E-state index in [1.54, 1.807) is 28.4 Å². The number of rotatable bonds is 9. The molecule has 0 saturated carbocycles. The van der Waals surface area contributed by atoms with E-state index in [2.05, 4.69) is 0 Å². The van der Waals surface area contributed by atoms with Crippen molar-refractivity contribution < 1.29 is 42.6 Å². The lowest BCUT2D eigenvalue weighted by molar-refractivity contribution is -0.182. The van der Waals surface area contributed by atoms with E-state index in [1.165, 1.54) is 0 Å². The van der Waals surface area contributed by atoms with Gasteiger partial charge in [0.2, 0.25) is 18.4 Å². The summed E-state index contributed by atoms with van der Waals surface area (Å²) in [6, 6.07) is 15.4. The molecule has 1 fully saturated rings. The monoisotopic (exact) mass is 563 g/mol. The Bertz CT molecular complexity index is 1420. The summed E-state index contributed by atoms with van der Waals surface area (Å²) in [5.74, 6) is 2.96. The molecule has 0 bridgehead atoms. The van der Waals surface area contributed by atoms with Crippen LogP contribution < -0.4 is 23.7 Å². The molecule has 0 radical (unpaired) electrons. The maximum atomic E-state index is 6.61. The highest BCUT2D eigenvalue weighted by Crippen LogP contribution is 2.52. The Labute approximate surface area is 238 Å². The van der Waals surface area contributed by atoms with Gasteiger partial charge in [0.15, 0.2) is 35.4 Å². The first-order chi connectivity index (χ1) is 20.2. The summed E-state index contributed by atoms with van der Waals surface area (Å²) in [4.78, 5) is 5.01. The Morgan fingerprint density at radius 3 is 2.24 bits per heavy atom. The minimum atomic E-state index is -0.622. The molecule has 0 aromatic heterocycles. The van der Waals surface area contributed by atoms with E-state index in [1.807, 2.05) is 48.5 Å². The van der Waals surface area contributed by atoms with E-state index in [0.717, 1.165) is 23.1 Å². The van der Waals surface area contributed by atoms with E-state index in [4.69, 9.17) is 47.6 Å². The van der Waals surface area contributed by atoms with Crippen LogP contribution in [0.4, 0.5) is 0 Å². The number of fused-ring (bicyclic) bond motifs is 1. The molecule has 3 aromatic rings. The fourth-order valence-corrected chi connectivity index (χ4v) is 5.44. The highest BCUT2D eigenvalue weighted by molar-refractivity contribution is 6.05. The summed E-state index contributed by atoms with van der Waals surface area (Å²) in [7, 11) is 6.39. The van der Waals surface area contributed by atoms with Gasteiger partial charge in [-0.3, -0.25) is 0 Å². The molecule has 0 amide bonds. The van der Waals surface area contributed by atoms with Crippen LogP contribution in [0.5, 0.6) is 28.7 Å². The average Bonchev–Trinajstić information content (AvgIpc) is 3.67. The topological polar surface area (TPSA) is 95.4 Å². The highest BCUT2D eigenvalue weighted by atomic mass is 16.7. The van der Waals surface area contributed by atoms with Crippen molar-refractivity contribution in [2.75, 3.05) is 55.1 Å². The number of hydrogen-bond donors (Lipinski definition) is 0. The maximum Gasteiger partial charge on any atom is 0.231 e. The predicted molar refractivity (Wildman–Crippen MR) is 149 cm³/mol. The molecule has 0 spiro atoms. The molecular weight excluding hydrogens is 530 g/mol. The first kappa shape index (κ1) is 27.2. The maximum absolute atomic E-state index is 6.61. The lowest BCUT2D eigenvalue weighted by Crippen LogP contribution is -2.19. The zero-order valence-corrected chi connectivity index (χ0v) is 23.5. The molecular formula is C31H33NO9. The molecule has 1 unspecified atom stereocenters. The first-order valence-corrected chi connectivity index (χ1v) is 13.5. The zero-order valence-electron chi connectivity index (χ0n) is 23.5. The van der Waals surface area contributed by atoms with E-state index in [0.29, 0.717) is 65.6 Å². The second-order valence-corrected chi connectivity index (χ2v) is 9.69. The van der Waals surface area contributed by atoms with Gasteiger partial charge in [-0.2, -0.15) is 0 Å². The van der Waals surface area contributed by atoms with Gasteiger partial charge in [-0.25, -0.2) is 4.99 Å². The third kappa shape index (κ3) is 5.03. The summed E-state index contributed by atoms with van der Waals surface area (Å²) in [6.45, 7) is 1.64. The van der Waals surface area contributed by atoms with Crippen molar-refractivity contribution in [1.29, 1.82) is 0 Å². The molecule has 1 saturated heterocycles. The molecule has 0 N–H and O–H groups in total. The summed E-state index contributed by atoms with van der Waals surface area (Å²) in [5.41, 5.74) is 3.81. The molecule has 3 aliphatic heterocycles. The molecule has 10 nitrogen and oxygen atoms in total. The fraction of sp³-hybridized carbons (Fsp3) is 0.387. The normalized spacial score (nSPS) is 20.0. The van der Waals surface area contributed by atoms with Crippen LogP contribution in [0.15, 0.2) is 53.5 Å². The van der Waals surface area contributed by atoms with Crippen LogP contribution in [0.25, 0.3) is 11.1 Å². The van der Waals surface area contributed by atoms with Crippen LogP contribution >= 0.6 is 0 Å². The molecule has 10 heteroatoms. The minimum Gasteiger partial charge on any atom is -0.493 e. The van der Waals surface area contributed by atoms with Crippen molar-refractivity contribution in [2.24, 2.45) is 4.99 Å². The number of methoxy groups -OCH3 is 4. The van der Waals surface area contributed by atoms with Gasteiger partial charge >= 0.3 is 0 Å². The Morgan fingerprint density at radius 2 is 1.56 bits per heavy atom.